The Morgan fingerprint density at radius 1 is 0.788 bits per heavy atom. The molecule has 0 atom stereocenters. The van der Waals surface area contributed by atoms with Crippen molar-refractivity contribution >= 4 is 17.5 Å². The third-order valence-corrected chi connectivity index (χ3v) is 5.40. The van der Waals surface area contributed by atoms with E-state index in [4.69, 9.17) is 0 Å². The molecule has 3 rings (SSSR count). The minimum atomic E-state index is -0.496. The standard InChI is InChI=1S/C28H31N3O2/c1-20(21-15-17-24(18-16-21)28(2,3)4)30-31-25(32)19-29-27(33)26(22-11-7-5-8-12-22)23-13-9-6-10-14-23/h5-18,26,30H,1,19H2,2-4H3,(H,29,33)(H,31,32). The molecule has 0 aromatic heterocycles. The second kappa shape index (κ2) is 10.6. The molecule has 0 fully saturated rings. The number of carbonyl (C=O) groups excluding carboxylic acids is 2. The normalized spacial score (nSPS) is 11.0. The highest BCUT2D eigenvalue weighted by Gasteiger charge is 2.22. The van der Waals surface area contributed by atoms with Crippen LogP contribution in [0.15, 0.2) is 91.5 Å². The smallest absolute Gasteiger partial charge is 0.257 e. The monoisotopic (exact) mass is 441 g/mol. The van der Waals surface area contributed by atoms with Gasteiger partial charge in [-0.15, -0.1) is 0 Å². The molecular formula is C28H31N3O2. The van der Waals surface area contributed by atoms with Gasteiger partial charge in [0, 0.05) is 0 Å². The largest absolute Gasteiger partial charge is 0.346 e. The number of amides is 2. The van der Waals surface area contributed by atoms with Crippen LogP contribution >= 0.6 is 0 Å². The lowest BCUT2D eigenvalue weighted by atomic mass is 9.86. The molecule has 0 unspecified atom stereocenters. The number of nitrogens with one attached hydrogen (secondary N) is 3. The highest BCUT2D eigenvalue weighted by atomic mass is 16.2. The fourth-order valence-corrected chi connectivity index (χ4v) is 3.49. The maximum Gasteiger partial charge on any atom is 0.257 e. The molecule has 3 aromatic carbocycles. The number of carbonyl (C=O) groups is 2. The van der Waals surface area contributed by atoms with Crippen molar-refractivity contribution in [2.24, 2.45) is 0 Å². The molecule has 0 aliphatic carbocycles. The first-order chi connectivity index (χ1) is 15.8. The Morgan fingerprint density at radius 3 is 1.79 bits per heavy atom. The highest BCUT2D eigenvalue weighted by Crippen LogP contribution is 2.25. The molecule has 0 saturated carbocycles. The second-order valence-electron chi connectivity index (χ2n) is 8.95. The minimum absolute atomic E-state index is 0.0665. The van der Waals surface area contributed by atoms with E-state index in [1.807, 2.05) is 72.8 Å². The molecule has 0 saturated heterocycles. The van der Waals surface area contributed by atoms with Gasteiger partial charge in [0.15, 0.2) is 0 Å². The van der Waals surface area contributed by atoms with E-state index >= 15 is 0 Å². The molecule has 5 nitrogen and oxygen atoms in total. The van der Waals surface area contributed by atoms with Gasteiger partial charge in [-0.25, -0.2) is 0 Å². The Labute approximate surface area is 195 Å². The first-order valence-corrected chi connectivity index (χ1v) is 11.0. The van der Waals surface area contributed by atoms with Gasteiger partial charge in [-0.05, 0) is 27.7 Å². The molecule has 0 heterocycles. The van der Waals surface area contributed by atoms with Crippen LogP contribution in [0.25, 0.3) is 5.70 Å². The van der Waals surface area contributed by atoms with E-state index in [1.54, 1.807) is 0 Å². The molecule has 0 spiro atoms. The van der Waals surface area contributed by atoms with Gasteiger partial charge >= 0.3 is 0 Å². The number of benzene rings is 3. The zero-order valence-corrected chi connectivity index (χ0v) is 19.4. The molecule has 0 radical (unpaired) electrons. The summed E-state index contributed by atoms with van der Waals surface area (Å²) >= 11 is 0. The number of hydrogen-bond donors (Lipinski definition) is 3. The minimum Gasteiger partial charge on any atom is -0.346 e. The third-order valence-electron chi connectivity index (χ3n) is 5.40. The summed E-state index contributed by atoms with van der Waals surface area (Å²) in [6.45, 7) is 10.3. The number of hydrazine groups is 1. The number of hydrogen-bond acceptors (Lipinski definition) is 3. The SMILES string of the molecule is C=C(NNC(=O)CNC(=O)C(c1ccccc1)c1ccccc1)c1ccc(C(C)(C)C)cc1. The molecule has 3 aromatic rings. The zero-order valence-electron chi connectivity index (χ0n) is 19.4. The Kier molecular flexibility index (Phi) is 7.67. The third kappa shape index (κ3) is 6.56. The van der Waals surface area contributed by atoms with E-state index in [2.05, 4.69) is 55.7 Å². The fraction of sp³-hybridized carbons (Fsp3) is 0.214. The van der Waals surface area contributed by atoms with E-state index in [1.165, 1.54) is 5.56 Å². The summed E-state index contributed by atoms with van der Waals surface area (Å²) in [6, 6.07) is 27.1. The first-order valence-electron chi connectivity index (χ1n) is 11.0. The summed E-state index contributed by atoms with van der Waals surface area (Å²) in [5.41, 5.74) is 9.89. The molecule has 33 heavy (non-hydrogen) atoms. The molecule has 3 N–H and O–H groups in total. The van der Waals surface area contributed by atoms with Crippen LogP contribution in [-0.2, 0) is 15.0 Å². The molecular weight excluding hydrogens is 410 g/mol. The van der Waals surface area contributed by atoms with Crippen molar-refractivity contribution in [2.45, 2.75) is 32.1 Å². The molecule has 0 bridgehead atoms. The summed E-state index contributed by atoms with van der Waals surface area (Å²) < 4.78 is 0. The predicted molar refractivity (Wildman–Crippen MR) is 133 cm³/mol. The van der Waals surface area contributed by atoms with Gasteiger partial charge in [-0.1, -0.05) is 112 Å². The topological polar surface area (TPSA) is 70.2 Å². The van der Waals surface area contributed by atoms with Gasteiger partial charge in [0.05, 0.1) is 18.2 Å². The van der Waals surface area contributed by atoms with Crippen LogP contribution in [0.3, 0.4) is 0 Å². The maximum absolute atomic E-state index is 13.0. The Bertz CT molecular complexity index is 1050. The van der Waals surface area contributed by atoms with E-state index in [0.717, 1.165) is 16.7 Å². The summed E-state index contributed by atoms with van der Waals surface area (Å²) in [7, 11) is 0. The van der Waals surface area contributed by atoms with Gasteiger partial charge in [-0.3, -0.25) is 20.4 Å². The van der Waals surface area contributed by atoms with Crippen LogP contribution in [0.2, 0.25) is 0 Å². The average molecular weight is 442 g/mol. The summed E-state index contributed by atoms with van der Waals surface area (Å²) in [4.78, 5) is 25.3. The second-order valence-corrected chi connectivity index (χ2v) is 8.95. The molecule has 2 amide bonds. The lowest BCUT2D eigenvalue weighted by Gasteiger charge is -2.20. The predicted octanol–water partition coefficient (Wildman–Crippen LogP) is 4.52. The van der Waals surface area contributed by atoms with Crippen LogP contribution in [0, 0.1) is 0 Å². The van der Waals surface area contributed by atoms with Gasteiger partial charge in [0.1, 0.15) is 0 Å². The van der Waals surface area contributed by atoms with Crippen LogP contribution in [-0.4, -0.2) is 18.4 Å². The van der Waals surface area contributed by atoms with Gasteiger partial charge in [-0.2, -0.15) is 0 Å². The van der Waals surface area contributed by atoms with E-state index in [-0.39, 0.29) is 23.8 Å². The lowest BCUT2D eigenvalue weighted by Crippen LogP contribution is -2.44. The van der Waals surface area contributed by atoms with Crippen molar-refractivity contribution in [1.82, 2.24) is 16.2 Å². The Balaban J connectivity index is 1.56. The van der Waals surface area contributed by atoms with Crippen molar-refractivity contribution < 1.29 is 9.59 Å². The summed E-state index contributed by atoms with van der Waals surface area (Å²) in [6.07, 6.45) is 0. The van der Waals surface area contributed by atoms with Crippen LogP contribution in [0.4, 0.5) is 0 Å². The summed E-state index contributed by atoms with van der Waals surface area (Å²) in [5.74, 6) is -1.10. The van der Waals surface area contributed by atoms with Crippen molar-refractivity contribution in [3.8, 4) is 0 Å². The highest BCUT2D eigenvalue weighted by molar-refractivity contribution is 5.90. The van der Waals surface area contributed by atoms with Crippen molar-refractivity contribution in [1.29, 1.82) is 0 Å². The molecule has 5 heteroatoms. The molecule has 0 aliphatic rings. The Hall–Kier alpha value is -3.86. The quantitative estimate of drug-likeness (QED) is 0.450. The van der Waals surface area contributed by atoms with Crippen molar-refractivity contribution in [3.05, 3.63) is 114 Å². The van der Waals surface area contributed by atoms with Crippen LogP contribution < -0.4 is 16.2 Å². The van der Waals surface area contributed by atoms with Crippen LogP contribution in [0.1, 0.15) is 48.9 Å². The fourth-order valence-electron chi connectivity index (χ4n) is 3.49. The van der Waals surface area contributed by atoms with Crippen molar-refractivity contribution in [2.75, 3.05) is 6.54 Å². The summed E-state index contributed by atoms with van der Waals surface area (Å²) in [5, 5.41) is 2.75. The molecule has 170 valence electrons. The van der Waals surface area contributed by atoms with E-state index in [0.29, 0.717) is 5.70 Å². The van der Waals surface area contributed by atoms with Gasteiger partial charge in [0.2, 0.25) is 5.91 Å². The maximum atomic E-state index is 13.0. The van der Waals surface area contributed by atoms with E-state index in [9.17, 15) is 9.59 Å². The van der Waals surface area contributed by atoms with E-state index < -0.39 is 5.92 Å². The molecule has 0 aliphatic heterocycles. The lowest BCUT2D eigenvalue weighted by molar-refractivity contribution is -0.126. The average Bonchev–Trinajstić information content (AvgIpc) is 2.82. The van der Waals surface area contributed by atoms with Gasteiger partial charge < -0.3 is 5.32 Å². The first kappa shape index (κ1) is 23.8. The zero-order chi connectivity index (χ0) is 23.8. The van der Waals surface area contributed by atoms with Crippen LogP contribution in [0.5, 0.6) is 0 Å². The number of rotatable bonds is 8. The van der Waals surface area contributed by atoms with Gasteiger partial charge in [0.25, 0.3) is 5.91 Å². The van der Waals surface area contributed by atoms with Crippen molar-refractivity contribution in [3.63, 3.8) is 0 Å². The Morgan fingerprint density at radius 2 is 1.30 bits per heavy atom.